The Morgan fingerprint density at radius 1 is 1.55 bits per heavy atom. The van der Waals surface area contributed by atoms with Crippen LogP contribution >= 0.6 is 38.9 Å². The molecule has 1 aromatic rings. The van der Waals surface area contributed by atoms with E-state index >= 15 is 0 Å². The summed E-state index contributed by atoms with van der Waals surface area (Å²) in [5.41, 5.74) is 4.91. The van der Waals surface area contributed by atoms with E-state index in [-0.39, 0.29) is 22.1 Å². The van der Waals surface area contributed by atoms with Crippen molar-refractivity contribution < 1.29 is 23.1 Å². The summed E-state index contributed by atoms with van der Waals surface area (Å²) < 4.78 is 26.3. The Morgan fingerprint density at radius 2 is 2.15 bits per heavy atom. The Labute approximate surface area is 132 Å². The van der Waals surface area contributed by atoms with E-state index < -0.39 is 27.9 Å². The van der Waals surface area contributed by atoms with Crippen molar-refractivity contribution in [1.29, 1.82) is 0 Å². The molecule has 1 heterocycles. The number of nitrogens with one attached hydrogen (secondary N) is 1. The van der Waals surface area contributed by atoms with Crippen molar-refractivity contribution in [2.45, 2.75) is 23.1 Å². The maximum atomic E-state index is 12.0. The minimum atomic E-state index is -4.03. The van der Waals surface area contributed by atoms with Crippen LogP contribution in [-0.2, 0) is 19.6 Å². The number of primary amides is 1. The second-order valence-electron chi connectivity index (χ2n) is 3.70. The van der Waals surface area contributed by atoms with E-state index in [0.29, 0.717) is 3.79 Å². The molecule has 1 amide bonds. The van der Waals surface area contributed by atoms with E-state index in [1.54, 1.807) is 0 Å². The van der Waals surface area contributed by atoms with E-state index in [4.69, 9.17) is 22.4 Å². The number of sulfonamides is 1. The number of thiophene rings is 1. The Balaban J connectivity index is 2.91. The number of carbonyl (C=O) groups is 2. The molecular formula is C9H10BrClN2O5S2. The maximum absolute atomic E-state index is 12.0. The quantitative estimate of drug-likeness (QED) is 0.627. The standard InChI is InChI=1S/C9H10BrClN2O5S2/c10-8-4(11)3-7(19-8)20(17,18)13-5(9(15)16)1-2-6(12)14/h3,5,13H,1-2H2,(H2,12,14)(H,15,16)/t5-/m0/s1. The number of nitrogens with two attached hydrogens (primary N) is 1. The number of hydrogen-bond donors (Lipinski definition) is 3. The van der Waals surface area contributed by atoms with Gasteiger partial charge in [-0.3, -0.25) is 9.59 Å². The van der Waals surface area contributed by atoms with Gasteiger partial charge >= 0.3 is 5.97 Å². The zero-order chi connectivity index (χ0) is 15.5. The number of hydrogen-bond acceptors (Lipinski definition) is 5. The van der Waals surface area contributed by atoms with Crippen LogP contribution in [0.2, 0.25) is 5.02 Å². The van der Waals surface area contributed by atoms with Crippen molar-refractivity contribution in [3.63, 3.8) is 0 Å². The summed E-state index contributed by atoms with van der Waals surface area (Å²) >= 11 is 9.65. The second kappa shape index (κ2) is 6.85. The summed E-state index contributed by atoms with van der Waals surface area (Å²) in [6.45, 7) is 0. The van der Waals surface area contributed by atoms with Gasteiger partial charge in [0.05, 0.1) is 8.81 Å². The topological polar surface area (TPSA) is 127 Å². The number of halogens is 2. The van der Waals surface area contributed by atoms with Crippen LogP contribution in [0.25, 0.3) is 0 Å². The highest BCUT2D eigenvalue weighted by Crippen LogP contribution is 2.34. The van der Waals surface area contributed by atoms with Crippen molar-refractivity contribution in [3.8, 4) is 0 Å². The zero-order valence-electron chi connectivity index (χ0n) is 9.80. The van der Waals surface area contributed by atoms with Gasteiger partial charge in [0.1, 0.15) is 10.3 Å². The fourth-order valence-corrected chi connectivity index (χ4v) is 4.86. The van der Waals surface area contributed by atoms with Crippen LogP contribution in [0.4, 0.5) is 0 Å². The zero-order valence-corrected chi connectivity index (χ0v) is 13.8. The molecule has 0 fully saturated rings. The third-order valence-corrected chi connectivity index (χ3v) is 6.58. The van der Waals surface area contributed by atoms with Gasteiger partial charge in [-0.1, -0.05) is 11.6 Å². The Bertz CT molecular complexity index is 611. The molecule has 0 saturated carbocycles. The molecular weight excluding hydrogens is 396 g/mol. The van der Waals surface area contributed by atoms with Crippen molar-refractivity contribution in [2.24, 2.45) is 5.73 Å². The predicted octanol–water partition coefficient (Wildman–Crippen LogP) is 1.16. The minimum Gasteiger partial charge on any atom is -0.480 e. The molecule has 112 valence electrons. The van der Waals surface area contributed by atoms with Crippen LogP contribution in [0.5, 0.6) is 0 Å². The summed E-state index contributed by atoms with van der Waals surface area (Å²) in [6.07, 6.45) is -0.474. The summed E-state index contributed by atoms with van der Waals surface area (Å²) in [7, 11) is -4.03. The molecule has 0 unspecified atom stereocenters. The molecule has 0 aliphatic rings. The largest absolute Gasteiger partial charge is 0.480 e. The molecule has 7 nitrogen and oxygen atoms in total. The SMILES string of the molecule is NC(=O)CC[C@H](NS(=O)(=O)c1cc(Cl)c(Br)s1)C(=O)O. The van der Waals surface area contributed by atoms with Crippen LogP contribution < -0.4 is 10.5 Å². The lowest BCUT2D eigenvalue weighted by Gasteiger charge is -2.12. The summed E-state index contributed by atoms with van der Waals surface area (Å²) in [5, 5.41) is 9.15. The smallest absolute Gasteiger partial charge is 0.321 e. The van der Waals surface area contributed by atoms with Crippen molar-refractivity contribution >= 4 is 60.8 Å². The predicted molar refractivity (Wildman–Crippen MR) is 77.2 cm³/mol. The van der Waals surface area contributed by atoms with Gasteiger partial charge in [-0.05, 0) is 28.4 Å². The van der Waals surface area contributed by atoms with Crippen LogP contribution in [0.15, 0.2) is 14.1 Å². The van der Waals surface area contributed by atoms with Crippen LogP contribution in [0.3, 0.4) is 0 Å². The Hall–Kier alpha value is -0.680. The van der Waals surface area contributed by atoms with Crippen molar-refractivity contribution in [1.82, 2.24) is 4.72 Å². The number of carboxylic acids is 1. The molecule has 4 N–H and O–H groups in total. The third kappa shape index (κ3) is 4.70. The molecule has 0 spiro atoms. The van der Waals surface area contributed by atoms with Crippen LogP contribution in [-0.4, -0.2) is 31.4 Å². The first-order valence-corrected chi connectivity index (χ1v) is 8.59. The molecule has 11 heteroatoms. The van der Waals surface area contributed by atoms with E-state index in [9.17, 15) is 18.0 Å². The van der Waals surface area contributed by atoms with Gasteiger partial charge in [-0.15, -0.1) is 11.3 Å². The van der Waals surface area contributed by atoms with Gasteiger partial charge in [0.15, 0.2) is 0 Å². The van der Waals surface area contributed by atoms with E-state index in [1.165, 1.54) is 6.07 Å². The maximum Gasteiger partial charge on any atom is 0.321 e. The molecule has 0 aromatic carbocycles. The number of carbonyl (C=O) groups excluding carboxylic acids is 1. The van der Waals surface area contributed by atoms with Gasteiger partial charge in [0.25, 0.3) is 10.0 Å². The molecule has 0 aliphatic carbocycles. The number of amides is 1. The average molecular weight is 406 g/mol. The van der Waals surface area contributed by atoms with Gasteiger partial charge in [0, 0.05) is 6.42 Å². The summed E-state index contributed by atoms with van der Waals surface area (Å²) in [6, 6.07) is -0.238. The van der Waals surface area contributed by atoms with Gasteiger partial charge in [0.2, 0.25) is 5.91 Å². The molecule has 1 aromatic heterocycles. The Morgan fingerprint density at radius 3 is 2.55 bits per heavy atom. The van der Waals surface area contributed by atoms with E-state index in [1.807, 2.05) is 4.72 Å². The Kier molecular flexibility index (Phi) is 5.95. The molecule has 0 saturated heterocycles. The molecule has 0 bridgehead atoms. The monoisotopic (exact) mass is 404 g/mol. The second-order valence-corrected chi connectivity index (χ2v) is 8.42. The van der Waals surface area contributed by atoms with Gasteiger partial charge < -0.3 is 10.8 Å². The highest BCUT2D eigenvalue weighted by atomic mass is 79.9. The third-order valence-electron chi connectivity index (χ3n) is 2.16. The molecule has 1 atom stereocenters. The van der Waals surface area contributed by atoms with E-state index in [2.05, 4.69) is 15.9 Å². The summed E-state index contributed by atoms with van der Waals surface area (Å²) in [5.74, 6) is -2.10. The first-order chi connectivity index (χ1) is 9.13. The molecule has 0 aliphatic heterocycles. The number of aliphatic carboxylic acids is 1. The van der Waals surface area contributed by atoms with Crippen LogP contribution in [0, 0.1) is 0 Å². The molecule has 1 rings (SSSR count). The lowest BCUT2D eigenvalue weighted by atomic mass is 10.2. The van der Waals surface area contributed by atoms with Gasteiger partial charge in [-0.2, -0.15) is 4.72 Å². The normalized spacial score (nSPS) is 13.1. The first kappa shape index (κ1) is 17.4. The minimum absolute atomic E-state index is 0.125. The number of rotatable bonds is 7. The fourth-order valence-electron chi connectivity index (χ4n) is 1.22. The molecule has 0 radical (unpaired) electrons. The summed E-state index contributed by atoms with van der Waals surface area (Å²) in [4.78, 5) is 21.6. The lowest BCUT2D eigenvalue weighted by molar-refractivity contribution is -0.139. The number of carboxylic acid groups (broad SMARTS) is 1. The van der Waals surface area contributed by atoms with Crippen LogP contribution in [0.1, 0.15) is 12.8 Å². The highest BCUT2D eigenvalue weighted by molar-refractivity contribution is 9.11. The fraction of sp³-hybridized carbons (Fsp3) is 0.333. The first-order valence-electron chi connectivity index (χ1n) is 5.11. The average Bonchev–Trinajstić information content (AvgIpc) is 2.65. The van der Waals surface area contributed by atoms with Crippen molar-refractivity contribution in [3.05, 3.63) is 14.9 Å². The lowest BCUT2D eigenvalue weighted by Crippen LogP contribution is -2.41. The molecule has 20 heavy (non-hydrogen) atoms. The van der Waals surface area contributed by atoms with E-state index in [0.717, 1.165) is 11.3 Å². The van der Waals surface area contributed by atoms with Crippen molar-refractivity contribution in [2.75, 3.05) is 0 Å². The van der Waals surface area contributed by atoms with Gasteiger partial charge in [-0.25, -0.2) is 8.42 Å². The highest BCUT2D eigenvalue weighted by Gasteiger charge is 2.27.